The molecule has 0 spiro atoms. The van der Waals surface area contributed by atoms with E-state index < -0.39 is 6.10 Å². The van der Waals surface area contributed by atoms with Gasteiger partial charge in [-0.1, -0.05) is 24.3 Å². The lowest BCUT2D eigenvalue weighted by molar-refractivity contribution is -0.118. The van der Waals surface area contributed by atoms with E-state index in [9.17, 15) is 9.90 Å². The number of fused-ring (bicyclic) bond motifs is 1. The molecule has 0 fully saturated rings. The first-order valence-electron chi connectivity index (χ1n) is 7.31. The van der Waals surface area contributed by atoms with Crippen LogP contribution in [-0.4, -0.2) is 25.2 Å². The van der Waals surface area contributed by atoms with Crippen molar-refractivity contribution < 1.29 is 14.6 Å². The van der Waals surface area contributed by atoms with Crippen molar-refractivity contribution in [2.45, 2.75) is 18.9 Å². The van der Waals surface area contributed by atoms with Crippen molar-refractivity contribution in [1.29, 1.82) is 0 Å². The standard InChI is InChI=1S/C18H19NO3/c1-19-16-9-5-14(11-13(16)6-10-17(19)20)18(21)12-3-7-15(22-2)8-4-12/h3-5,7-9,11,18,21H,6,10H2,1-2H3. The average Bonchev–Trinajstić information content (AvgIpc) is 2.57. The molecule has 22 heavy (non-hydrogen) atoms. The molecule has 114 valence electrons. The van der Waals surface area contributed by atoms with E-state index in [-0.39, 0.29) is 5.91 Å². The van der Waals surface area contributed by atoms with Crippen LogP contribution in [0.1, 0.15) is 29.2 Å². The molecule has 1 heterocycles. The Bertz CT molecular complexity index is 694. The van der Waals surface area contributed by atoms with Gasteiger partial charge in [0, 0.05) is 19.2 Å². The van der Waals surface area contributed by atoms with E-state index in [0.717, 1.165) is 34.5 Å². The topological polar surface area (TPSA) is 49.8 Å². The van der Waals surface area contributed by atoms with Crippen molar-refractivity contribution in [2.75, 3.05) is 19.1 Å². The van der Waals surface area contributed by atoms with E-state index in [1.54, 1.807) is 19.1 Å². The minimum Gasteiger partial charge on any atom is -0.497 e. The van der Waals surface area contributed by atoms with Gasteiger partial charge >= 0.3 is 0 Å². The Morgan fingerprint density at radius 1 is 1.09 bits per heavy atom. The number of amides is 1. The molecule has 0 aromatic heterocycles. The van der Waals surface area contributed by atoms with Gasteiger partial charge < -0.3 is 14.7 Å². The van der Waals surface area contributed by atoms with Gasteiger partial charge in [0.2, 0.25) is 5.91 Å². The normalized spacial score (nSPS) is 15.4. The van der Waals surface area contributed by atoms with Crippen LogP contribution in [0.15, 0.2) is 42.5 Å². The zero-order chi connectivity index (χ0) is 15.7. The Labute approximate surface area is 130 Å². The Kier molecular flexibility index (Phi) is 3.86. The summed E-state index contributed by atoms with van der Waals surface area (Å²) < 4.78 is 5.13. The molecule has 0 aliphatic carbocycles. The lowest BCUT2D eigenvalue weighted by atomic mass is 9.95. The first-order chi connectivity index (χ1) is 10.6. The molecular formula is C18H19NO3. The van der Waals surface area contributed by atoms with E-state index in [2.05, 4.69) is 0 Å². The Morgan fingerprint density at radius 3 is 2.45 bits per heavy atom. The first-order valence-corrected chi connectivity index (χ1v) is 7.31. The van der Waals surface area contributed by atoms with E-state index in [1.165, 1.54) is 0 Å². The maximum absolute atomic E-state index is 11.7. The molecule has 2 aromatic carbocycles. The Balaban J connectivity index is 1.90. The number of benzene rings is 2. The Hall–Kier alpha value is -2.33. The molecule has 4 nitrogen and oxygen atoms in total. The van der Waals surface area contributed by atoms with Gasteiger partial charge in [-0.25, -0.2) is 0 Å². The van der Waals surface area contributed by atoms with Gasteiger partial charge in [0.05, 0.1) is 7.11 Å². The molecule has 1 atom stereocenters. The largest absolute Gasteiger partial charge is 0.497 e. The molecule has 1 unspecified atom stereocenters. The van der Waals surface area contributed by atoms with Gasteiger partial charge in [0.25, 0.3) is 0 Å². The highest BCUT2D eigenvalue weighted by atomic mass is 16.5. The first kappa shape index (κ1) is 14.6. The number of methoxy groups -OCH3 is 1. The quantitative estimate of drug-likeness (QED) is 0.947. The van der Waals surface area contributed by atoms with Crippen LogP contribution in [0.5, 0.6) is 5.75 Å². The van der Waals surface area contributed by atoms with Crippen LogP contribution in [0.2, 0.25) is 0 Å². The number of hydrogen-bond donors (Lipinski definition) is 1. The molecule has 0 saturated heterocycles. The molecular weight excluding hydrogens is 278 g/mol. The molecule has 0 saturated carbocycles. The summed E-state index contributed by atoms with van der Waals surface area (Å²) in [4.78, 5) is 13.4. The minimum absolute atomic E-state index is 0.135. The van der Waals surface area contributed by atoms with Crippen molar-refractivity contribution in [3.8, 4) is 5.75 Å². The molecule has 2 aromatic rings. The number of carbonyl (C=O) groups is 1. The van der Waals surface area contributed by atoms with Crippen molar-refractivity contribution in [2.24, 2.45) is 0 Å². The molecule has 1 amide bonds. The number of aryl methyl sites for hydroxylation is 1. The number of rotatable bonds is 3. The van der Waals surface area contributed by atoms with Crippen LogP contribution in [0, 0.1) is 0 Å². The summed E-state index contributed by atoms with van der Waals surface area (Å²) in [6, 6.07) is 13.2. The number of hydrogen-bond acceptors (Lipinski definition) is 3. The zero-order valence-electron chi connectivity index (χ0n) is 12.7. The van der Waals surface area contributed by atoms with E-state index in [1.807, 2.05) is 42.5 Å². The minimum atomic E-state index is -0.681. The molecule has 1 aliphatic rings. The van der Waals surface area contributed by atoms with Crippen molar-refractivity contribution >= 4 is 11.6 Å². The summed E-state index contributed by atoms with van der Waals surface area (Å²) in [5, 5.41) is 10.6. The van der Waals surface area contributed by atoms with Gasteiger partial charge in [-0.3, -0.25) is 4.79 Å². The number of carbonyl (C=O) groups excluding carboxylic acids is 1. The van der Waals surface area contributed by atoms with Gasteiger partial charge in [-0.2, -0.15) is 0 Å². The van der Waals surface area contributed by atoms with Gasteiger partial charge in [-0.15, -0.1) is 0 Å². The third-order valence-corrected chi connectivity index (χ3v) is 4.19. The second-order valence-electron chi connectivity index (χ2n) is 5.52. The number of aliphatic hydroxyl groups is 1. The molecule has 3 rings (SSSR count). The van der Waals surface area contributed by atoms with Gasteiger partial charge in [0.15, 0.2) is 0 Å². The molecule has 1 aliphatic heterocycles. The summed E-state index contributed by atoms with van der Waals surface area (Å²) in [7, 11) is 3.41. The fourth-order valence-electron chi connectivity index (χ4n) is 2.83. The smallest absolute Gasteiger partial charge is 0.227 e. The second-order valence-corrected chi connectivity index (χ2v) is 5.52. The van der Waals surface area contributed by atoms with Crippen molar-refractivity contribution in [3.05, 3.63) is 59.2 Å². The number of nitrogens with zero attached hydrogens (tertiary/aromatic N) is 1. The predicted molar refractivity (Wildman–Crippen MR) is 85.2 cm³/mol. The summed E-state index contributed by atoms with van der Waals surface area (Å²) in [6.07, 6.45) is 0.562. The van der Waals surface area contributed by atoms with Gasteiger partial charge in [-0.05, 0) is 41.3 Å². The highest BCUT2D eigenvalue weighted by molar-refractivity contribution is 5.95. The highest BCUT2D eigenvalue weighted by Crippen LogP contribution is 2.31. The summed E-state index contributed by atoms with van der Waals surface area (Å²) in [5.74, 6) is 0.900. The van der Waals surface area contributed by atoms with Crippen LogP contribution >= 0.6 is 0 Å². The molecule has 0 bridgehead atoms. The lowest BCUT2D eigenvalue weighted by Gasteiger charge is -2.26. The number of anilines is 1. The number of ether oxygens (including phenoxy) is 1. The lowest BCUT2D eigenvalue weighted by Crippen LogP contribution is -2.31. The van der Waals surface area contributed by atoms with Crippen molar-refractivity contribution in [3.63, 3.8) is 0 Å². The fourth-order valence-corrected chi connectivity index (χ4v) is 2.83. The van der Waals surface area contributed by atoms with E-state index >= 15 is 0 Å². The van der Waals surface area contributed by atoms with Crippen LogP contribution < -0.4 is 9.64 Å². The summed E-state index contributed by atoms with van der Waals surface area (Å²) in [5.41, 5.74) is 3.70. The van der Waals surface area contributed by atoms with Crippen LogP contribution in [0.4, 0.5) is 5.69 Å². The van der Waals surface area contributed by atoms with Crippen LogP contribution in [0.3, 0.4) is 0 Å². The maximum atomic E-state index is 11.7. The summed E-state index contributed by atoms with van der Waals surface area (Å²) in [6.45, 7) is 0. The fraction of sp³-hybridized carbons (Fsp3) is 0.278. The van der Waals surface area contributed by atoms with Crippen LogP contribution in [0.25, 0.3) is 0 Å². The van der Waals surface area contributed by atoms with Crippen LogP contribution in [-0.2, 0) is 11.2 Å². The predicted octanol–water partition coefficient (Wildman–Crippen LogP) is 2.69. The third kappa shape index (κ3) is 2.57. The second kappa shape index (κ2) is 5.81. The number of aliphatic hydroxyl groups excluding tert-OH is 1. The van der Waals surface area contributed by atoms with Crippen molar-refractivity contribution in [1.82, 2.24) is 0 Å². The molecule has 4 heteroatoms. The van der Waals surface area contributed by atoms with E-state index in [0.29, 0.717) is 6.42 Å². The van der Waals surface area contributed by atoms with Gasteiger partial charge in [0.1, 0.15) is 11.9 Å². The SMILES string of the molecule is COc1ccc(C(O)c2ccc3c(c2)CCC(=O)N3C)cc1. The molecule has 0 radical (unpaired) electrons. The highest BCUT2D eigenvalue weighted by Gasteiger charge is 2.22. The summed E-state index contributed by atoms with van der Waals surface area (Å²) >= 11 is 0. The Morgan fingerprint density at radius 2 is 1.77 bits per heavy atom. The monoisotopic (exact) mass is 297 g/mol. The average molecular weight is 297 g/mol. The zero-order valence-corrected chi connectivity index (χ0v) is 12.7. The maximum Gasteiger partial charge on any atom is 0.227 e. The third-order valence-electron chi connectivity index (χ3n) is 4.19. The molecule has 1 N–H and O–H groups in total. The van der Waals surface area contributed by atoms with E-state index in [4.69, 9.17) is 4.74 Å².